The molecule has 0 bridgehead atoms. The van der Waals surface area contributed by atoms with E-state index in [0.29, 0.717) is 28.3 Å². The van der Waals surface area contributed by atoms with E-state index in [1.165, 1.54) is 17.8 Å². The fourth-order valence-electron chi connectivity index (χ4n) is 2.54. The Bertz CT molecular complexity index is 919. The van der Waals surface area contributed by atoms with E-state index in [-0.39, 0.29) is 5.75 Å². The van der Waals surface area contributed by atoms with Crippen molar-refractivity contribution in [2.75, 3.05) is 14.2 Å². The molecule has 0 aliphatic rings. The first kappa shape index (κ1) is 21.7. The average Bonchev–Trinajstić information content (AvgIpc) is 3.02. The summed E-state index contributed by atoms with van der Waals surface area (Å²) in [6, 6.07) is 6.40. The van der Waals surface area contributed by atoms with Crippen LogP contribution in [0.25, 0.3) is 11.0 Å². The molecule has 0 amide bonds. The normalized spacial score (nSPS) is 10.6. The standard InChI is InChI=1S/C17H17F2N3O3S.C2H6/c1-22-13-8-10(25-16(18)19)4-5-11(13)21-17(22)26-9-12-15(24-3)14(23-2)6-7-20-12;1-2/h4-8,16H,9H2,1-3H3;1-2H3. The van der Waals surface area contributed by atoms with Crippen LogP contribution >= 0.6 is 11.8 Å². The van der Waals surface area contributed by atoms with E-state index in [1.54, 1.807) is 38.6 Å². The molecule has 0 saturated heterocycles. The van der Waals surface area contributed by atoms with Crippen LogP contribution in [-0.4, -0.2) is 35.4 Å². The van der Waals surface area contributed by atoms with Gasteiger partial charge in [-0.1, -0.05) is 25.6 Å². The molecule has 0 atom stereocenters. The van der Waals surface area contributed by atoms with Crippen molar-refractivity contribution in [3.8, 4) is 17.2 Å². The van der Waals surface area contributed by atoms with E-state index in [1.807, 2.05) is 25.5 Å². The third-order valence-corrected chi connectivity index (χ3v) is 4.78. The van der Waals surface area contributed by atoms with Crippen LogP contribution < -0.4 is 14.2 Å². The third kappa shape index (κ3) is 4.83. The van der Waals surface area contributed by atoms with Gasteiger partial charge in [-0.2, -0.15) is 8.78 Å². The van der Waals surface area contributed by atoms with Crippen molar-refractivity contribution in [3.05, 3.63) is 36.2 Å². The molecule has 0 fully saturated rings. The number of thioether (sulfide) groups is 1. The van der Waals surface area contributed by atoms with Crippen LogP contribution in [0.3, 0.4) is 0 Å². The monoisotopic (exact) mass is 411 g/mol. The zero-order valence-corrected chi connectivity index (χ0v) is 17.2. The van der Waals surface area contributed by atoms with Gasteiger partial charge in [0.1, 0.15) is 5.75 Å². The number of ether oxygens (including phenoxy) is 3. The maximum absolute atomic E-state index is 12.4. The van der Waals surface area contributed by atoms with Crippen LogP contribution in [0.2, 0.25) is 0 Å². The molecule has 152 valence electrons. The minimum absolute atomic E-state index is 0.100. The Morgan fingerprint density at radius 1 is 1.14 bits per heavy atom. The van der Waals surface area contributed by atoms with Crippen LogP contribution in [0.1, 0.15) is 19.5 Å². The summed E-state index contributed by atoms with van der Waals surface area (Å²) in [6.45, 7) is 1.14. The van der Waals surface area contributed by atoms with Gasteiger partial charge >= 0.3 is 6.61 Å². The van der Waals surface area contributed by atoms with E-state index in [9.17, 15) is 8.78 Å². The molecule has 9 heteroatoms. The predicted molar refractivity (Wildman–Crippen MR) is 106 cm³/mol. The molecule has 3 rings (SSSR count). The Kier molecular flexibility index (Phi) is 7.86. The summed E-state index contributed by atoms with van der Waals surface area (Å²) in [6.07, 6.45) is 1.65. The molecule has 0 spiro atoms. The molecule has 0 radical (unpaired) electrons. The first-order chi connectivity index (χ1) is 13.5. The van der Waals surface area contributed by atoms with Crippen molar-refractivity contribution in [3.63, 3.8) is 0 Å². The highest BCUT2D eigenvalue weighted by Crippen LogP contribution is 2.34. The molecule has 3 aromatic rings. The van der Waals surface area contributed by atoms with Crippen molar-refractivity contribution < 1.29 is 23.0 Å². The highest BCUT2D eigenvalue weighted by atomic mass is 32.2. The molecular weight excluding hydrogens is 388 g/mol. The Morgan fingerprint density at radius 2 is 1.89 bits per heavy atom. The maximum Gasteiger partial charge on any atom is 0.387 e. The van der Waals surface area contributed by atoms with Gasteiger partial charge in [0.25, 0.3) is 0 Å². The summed E-state index contributed by atoms with van der Waals surface area (Å²) in [5, 5.41) is 0.723. The number of fused-ring (bicyclic) bond motifs is 1. The van der Waals surface area contributed by atoms with Crippen molar-refractivity contribution in [2.24, 2.45) is 7.05 Å². The average molecular weight is 411 g/mol. The predicted octanol–water partition coefficient (Wildman–Crippen LogP) is 4.91. The molecule has 0 aliphatic heterocycles. The number of hydrogen-bond acceptors (Lipinski definition) is 6. The number of aromatic nitrogens is 3. The zero-order valence-electron chi connectivity index (χ0n) is 16.4. The molecule has 28 heavy (non-hydrogen) atoms. The highest BCUT2D eigenvalue weighted by molar-refractivity contribution is 7.98. The molecule has 0 aliphatic carbocycles. The number of hydrogen-bond donors (Lipinski definition) is 0. The van der Waals surface area contributed by atoms with Gasteiger partial charge < -0.3 is 18.8 Å². The summed E-state index contributed by atoms with van der Waals surface area (Å²) >= 11 is 1.46. The van der Waals surface area contributed by atoms with Crippen molar-refractivity contribution in [1.82, 2.24) is 14.5 Å². The number of imidazole rings is 1. The van der Waals surface area contributed by atoms with Gasteiger partial charge in [-0.3, -0.25) is 4.98 Å². The molecule has 0 N–H and O–H groups in total. The Hall–Kier alpha value is -2.55. The van der Waals surface area contributed by atoms with Crippen molar-refractivity contribution in [1.29, 1.82) is 0 Å². The topological polar surface area (TPSA) is 58.4 Å². The lowest BCUT2D eigenvalue weighted by Gasteiger charge is -2.11. The molecule has 1 aromatic carbocycles. The molecule has 2 heterocycles. The lowest BCUT2D eigenvalue weighted by Crippen LogP contribution is -2.01. The van der Waals surface area contributed by atoms with Crippen LogP contribution in [0, 0.1) is 0 Å². The van der Waals surface area contributed by atoms with Crippen molar-refractivity contribution in [2.45, 2.75) is 31.4 Å². The fourth-order valence-corrected chi connectivity index (χ4v) is 3.47. The largest absolute Gasteiger partial charge is 0.493 e. The third-order valence-electron chi connectivity index (χ3n) is 3.74. The van der Waals surface area contributed by atoms with Crippen LogP contribution in [0.4, 0.5) is 8.78 Å². The Balaban J connectivity index is 0.00000136. The number of alkyl halides is 2. The van der Waals surface area contributed by atoms with E-state index in [4.69, 9.17) is 9.47 Å². The minimum atomic E-state index is -2.86. The summed E-state index contributed by atoms with van der Waals surface area (Å²) < 4.78 is 41.7. The van der Waals surface area contributed by atoms with E-state index in [0.717, 1.165) is 10.9 Å². The van der Waals surface area contributed by atoms with Gasteiger partial charge in [-0.25, -0.2) is 4.98 Å². The van der Waals surface area contributed by atoms with Crippen LogP contribution in [-0.2, 0) is 12.8 Å². The lowest BCUT2D eigenvalue weighted by molar-refractivity contribution is -0.0497. The second kappa shape index (κ2) is 10.1. The number of aryl methyl sites for hydroxylation is 1. The van der Waals surface area contributed by atoms with Gasteiger partial charge in [-0.15, -0.1) is 0 Å². The van der Waals surface area contributed by atoms with Crippen LogP contribution in [0.15, 0.2) is 35.6 Å². The molecule has 0 saturated carbocycles. The van der Waals surface area contributed by atoms with Gasteiger partial charge in [0, 0.05) is 31.1 Å². The smallest absolute Gasteiger partial charge is 0.387 e. The summed E-state index contributed by atoms with van der Waals surface area (Å²) in [5.41, 5.74) is 2.13. The lowest BCUT2D eigenvalue weighted by atomic mass is 10.3. The van der Waals surface area contributed by atoms with E-state index >= 15 is 0 Å². The van der Waals surface area contributed by atoms with Gasteiger partial charge in [0.05, 0.1) is 30.9 Å². The second-order valence-corrected chi connectivity index (χ2v) is 6.21. The first-order valence-corrected chi connectivity index (χ1v) is 9.62. The summed E-state index contributed by atoms with van der Waals surface area (Å²) in [7, 11) is 4.95. The highest BCUT2D eigenvalue weighted by Gasteiger charge is 2.15. The van der Waals surface area contributed by atoms with Crippen molar-refractivity contribution >= 4 is 22.8 Å². The first-order valence-electron chi connectivity index (χ1n) is 8.63. The number of pyridine rings is 1. The Labute approximate surface area is 166 Å². The second-order valence-electron chi connectivity index (χ2n) is 5.26. The number of rotatable bonds is 7. The fraction of sp³-hybridized carbons (Fsp3) is 0.368. The minimum Gasteiger partial charge on any atom is -0.493 e. The quantitative estimate of drug-likeness (QED) is 0.515. The SMILES string of the molecule is CC.COc1ccnc(CSc2nc3ccc(OC(F)F)cc3n2C)c1OC. The maximum atomic E-state index is 12.4. The van der Waals surface area contributed by atoms with Gasteiger partial charge in [-0.05, 0) is 12.1 Å². The zero-order chi connectivity index (χ0) is 20.7. The summed E-state index contributed by atoms with van der Waals surface area (Å²) in [4.78, 5) is 8.87. The number of nitrogens with zero attached hydrogens (tertiary/aromatic N) is 3. The number of halogens is 2. The van der Waals surface area contributed by atoms with Gasteiger partial charge in [0.15, 0.2) is 16.7 Å². The molecule has 2 aromatic heterocycles. The molecule has 6 nitrogen and oxygen atoms in total. The molecular formula is C19H23F2N3O3S. The van der Waals surface area contributed by atoms with Gasteiger partial charge in [0.2, 0.25) is 0 Å². The number of methoxy groups -OCH3 is 2. The number of benzene rings is 1. The summed E-state index contributed by atoms with van der Waals surface area (Å²) in [5.74, 6) is 1.80. The Morgan fingerprint density at radius 3 is 2.54 bits per heavy atom. The van der Waals surface area contributed by atoms with Crippen LogP contribution in [0.5, 0.6) is 17.2 Å². The van der Waals surface area contributed by atoms with E-state index < -0.39 is 6.61 Å². The molecule has 0 unspecified atom stereocenters. The van der Waals surface area contributed by atoms with E-state index in [2.05, 4.69) is 14.7 Å².